The Labute approximate surface area is 126 Å². The first-order valence-corrected chi connectivity index (χ1v) is 6.53. The number of anilines is 2. The van der Waals surface area contributed by atoms with E-state index in [1.807, 2.05) is 0 Å². The number of rotatable bonds is 3. The molecule has 0 aliphatic heterocycles. The van der Waals surface area contributed by atoms with E-state index in [2.05, 4.69) is 4.99 Å². The molecular weight excluding hydrogens is 288 g/mol. The lowest BCUT2D eigenvalue weighted by atomic mass is 10.2. The molecular formula is C16H15F2N3O. The van der Waals surface area contributed by atoms with Crippen LogP contribution in [0.15, 0.2) is 41.4 Å². The Balaban J connectivity index is 2.39. The molecule has 0 bridgehead atoms. The molecule has 0 saturated carbocycles. The zero-order valence-electron chi connectivity index (χ0n) is 12.2. The van der Waals surface area contributed by atoms with Crippen molar-refractivity contribution in [1.82, 2.24) is 0 Å². The van der Waals surface area contributed by atoms with Gasteiger partial charge in [0.15, 0.2) is 11.6 Å². The van der Waals surface area contributed by atoms with Crippen LogP contribution in [0.3, 0.4) is 0 Å². The predicted octanol–water partition coefficient (Wildman–Crippen LogP) is 3.57. The number of nitrogen functional groups attached to an aromatic ring is 1. The number of hydrogen-bond acceptors (Lipinski definition) is 3. The highest BCUT2D eigenvalue weighted by molar-refractivity contribution is 6.09. The van der Waals surface area contributed by atoms with Crippen LogP contribution in [0.4, 0.5) is 25.8 Å². The van der Waals surface area contributed by atoms with Gasteiger partial charge in [0, 0.05) is 17.4 Å². The fourth-order valence-electron chi connectivity index (χ4n) is 1.94. The Morgan fingerprint density at radius 1 is 1.18 bits per heavy atom. The summed E-state index contributed by atoms with van der Waals surface area (Å²) in [6.07, 6.45) is 0.597. The summed E-state index contributed by atoms with van der Waals surface area (Å²) in [4.78, 5) is 16.8. The van der Waals surface area contributed by atoms with E-state index in [-0.39, 0.29) is 5.69 Å². The minimum absolute atomic E-state index is 0.263. The van der Waals surface area contributed by atoms with Crippen LogP contribution >= 0.6 is 0 Å². The highest BCUT2D eigenvalue weighted by Gasteiger charge is 2.11. The van der Waals surface area contributed by atoms with Crippen molar-refractivity contribution in [3.05, 3.63) is 53.6 Å². The van der Waals surface area contributed by atoms with E-state index in [9.17, 15) is 13.6 Å². The molecule has 2 aromatic rings. The van der Waals surface area contributed by atoms with Crippen molar-refractivity contribution < 1.29 is 13.6 Å². The Bertz CT molecular complexity index is 727. The van der Waals surface area contributed by atoms with Crippen LogP contribution in [0.25, 0.3) is 0 Å². The number of amidine groups is 1. The minimum atomic E-state index is -0.984. The summed E-state index contributed by atoms with van der Waals surface area (Å²) in [6.45, 7) is 3.22. The second-order valence-electron chi connectivity index (χ2n) is 4.78. The zero-order valence-corrected chi connectivity index (χ0v) is 12.2. The second kappa shape index (κ2) is 6.34. The molecule has 0 aliphatic rings. The highest BCUT2D eigenvalue weighted by Crippen LogP contribution is 2.23. The van der Waals surface area contributed by atoms with Gasteiger partial charge in [-0.05, 0) is 49.7 Å². The molecule has 0 fully saturated rings. The molecule has 0 heterocycles. The van der Waals surface area contributed by atoms with E-state index in [0.29, 0.717) is 29.2 Å². The molecule has 6 heteroatoms. The van der Waals surface area contributed by atoms with Crippen molar-refractivity contribution >= 4 is 29.3 Å². The van der Waals surface area contributed by atoms with Crippen molar-refractivity contribution in [2.24, 2.45) is 4.99 Å². The standard InChI is InChI=1S/C16H15F2N3O/c1-10-7-14(17)15(18)8-16(10)20-11(2)21(9-22)13-5-3-12(19)4-6-13/h3-9H,19H2,1-2H3. The van der Waals surface area contributed by atoms with Gasteiger partial charge in [0.2, 0.25) is 6.41 Å². The maximum atomic E-state index is 13.3. The Morgan fingerprint density at radius 2 is 1.77 bits per heavy atom. The lowest BCUT2D eigenvalue weighted by Gasteiger charge is -2.17. The number of aliphatic imine (C=N–C) groups is 1. The molecule has 0 aromatic heterocycles. The molecule has 1 amide bonds. The molecule has 0 atom stereocenters. The largest absolute Gasteiger partial charge is 0.399 e. The van der Waals surface area contributed by atoms with Gasteiger partial charge in [0.25, 0.3) is 0 Å². The number of hydrogen-bond donors (Lipinski definition) is 1. The zero-order chi connectivity index (χ0) is 16.3. The van der Waals surface area contributed by atoms with Gasteiger partial charge in [0.05, 0.1) is 5.69 Å². The number of benzene rings is 2. The third-order valence-corrected chi connectivity index (χ3v) is 3.15. The van der Waals surface area contributed by atoms with Crippen molar-refractivity contribution in [3.8, 4) is 0 Å². The van der Waals surface area contributed by atoms with Gasteiger partial charge in [-0.15, -0.1) is 0 Å². The van der Waals surface area contributed by atoms with Crippen LogP contribution in [0, 0.1) is 18.6 Å². The third-order valence-electron chi connectivity index (χ3n) is 3.15. The van der Waals surface area contributed by atoms with Gasteiger partial charge < -0.3 is 5.73 Å². The average molecular weight is 303 g/mol. The summed E-state index contributed by atoms with van der Waals surface area (Å²) in [7, 11) is 0. The number of carbonyl (C=O) groups excluding carboxylic acids is 1. The summed E-state index contributed by atoms with van der Waals surface area (Å²) in [5.74, 6) is -1.59. The first kappa shape index (κ1) is 15.6. The summed E-state index contributed by atoms with van der Waals surface area (Å²) >= 11 is 0. The summed E-state index contributed by atoms with van der Waals surface area (Å²) < 4.78 is 26.4. The van der Waals surface area contributed by atoms with Crippen molar-refractivity contribution in [2.45, 2.75) is 13.8 Å². The second-order valence-corrected chi connectivity index (χ2v) is 4.78. The molecule has 114 valence electrons. The van der Waals surface area contributed by atoms with E-state index in [4.69, 9.17) is 5.73 Å². The van der Waals surface area contributed by atoms with Gasteiger partial charge in [-0.3, -0.25) is 9.69 Å². The quantitative estimate of drug-likeness (QED) is 0.408. The van der Waals surface area contributed by atoms with Crippen molar-refractivity contribution in [2.75, 3.05) is 10.6 Å². The third kappa shape index (κ3) is 3.28. The van der Waals surface area contributed by atoms with Crippen molar-refractivity contribution in [1.29, 1.82) is 0 Å². The molecule has 0 unspecified atom stereocenters. The molecule has 2 rings (SSSR count). The van der Waals surface area contributed by atoms with Crippen molar-refractivity contribution in [3.63, 3.8) is 0 Å². The fraction of sp³-hybridized carbons (Fsp3) is 0.125. The van der Waals surface area contributed by atoms with E-state index in [1.165, 1.54) is 4.90 Å². The maximum absolute atomic E-state index is 13.3. The van der Waals surface area contributed by atoms with Gasteiger partial charge in [-0.1, -0.05) is 0 Å². The Hall–Kier alpha value is -2.76. The molecule has 2 aromatic carbocycles. The number of aryl methyl sites for hydroxylation is 1. The van der Waals surface area contributed by atoms with E-state index < -0.39 is 11.6 Å². The van der Waals surface area contributed by atoms with E-state index >= 15 is 0 Å². The van der Waals surface area contributed by atoms with Crippen LogP contribution in [0.1, 0.15) is 12.5 Å². The monoisotopic (exact) mass is 303 g/mol. The number of nitrogens with zero attached hydrogens (tertiary/aromatic N) is 2. The van der Waals surface area contributed by atoms with E-state index in [0.717, 1.165) is 12.1 Å². The minimum Gasteiger partial charge on any atom is -0.399 e. The summed E-state index contributed by atoms with van der Waals surface area (Å²) in [5, 5.41) is 0. The smallest absolute Gasteiger partial charge is 0.219 e. The first-order valence-electron chi connectivity index (χ1n) is 6.53. The maximum Gasteiger partial charge on any atom is 0.219 e. The molecule has 0 spiro atoms. The highest BCUT2D eigenvalue weighted by atomic mass is 19.2. The average Bonchev–Trinajstić information content (AvgIpc) is 2.47. The van der Waals surface area contributed by atoms with Gasteiger partial charge >= 0.3 is 0 Å². The van der Waals surface area contributed by atoms with Gasteiger partial charge in [0.1, 0.15) is 5.84 Å². The van der Waals surface area contributed by atoms with Gasteiger partial charge in [-0.2, -0.15) is 0 Å². The van der Waals surface area contributed by atoms with Crippen LogP contribution in [0.2, 0.25) is 0 Å². The lowest BCUT2D eigenvalue weighted by molar-refractivity contribution is -0.106. The number of halogens is 2. The molecule has 0 aliphatic carbocycles. The normalized spacial score (nSPS) is 11.4. The fourth-order valence-corrected chi connectivity index (χ4v) is 1.94. The summed E-state index contributed by atoms with van der Waals surface area (Å²) in [5.41, 5.74) is 7.49. The Kier molecular flexibility index (Phi) is 4.50. The molecule has 0 radical (unpaired) electrons. The number of amides is 1. The lowest BCUT2D eigenvalue weighted by Crippen LogP contribution is -2.26. The van der Waals surface area contributed by atoms with Gasteiger partial charge in [-0.25, -0.2) is 13.8 Å². The van der Waals surface area contributed by atoms with E-state index in [1.54, 1.807) is 38.1 Å². The topological polar surface area (TPSA) is 58.7 Å². The van der Waals surface area contributed by atoms with Crippen LogP contribution < -0.4 is 10.6 Å². The molecule has 0 saturated heterocycles. The number of nitrogens with two attached hydrogens (primary N) is 1. The Morgan fingerprint density at radius 3 is 2.36 bits per heavy atom. The van der Waals surface area contributed by atoms with Crippen LogP contribution in [-0.4, -0.2) is 12.2 Å². The molecule has 2 N–H and O–H groups in total. The van der Waals surface area contributed by atoms with Crippen LogP contribution in [-0.2, 0) is 4.79 Å². The molecule has 4 nitrogen and oxygen atoms in total. The molecule has 22 heavy (non-hydrogen) atoms. The first-order chi connectivity index (χ1) is 10.4. The number of carbonyl (C=O) groups is 1. The van der Waals surface area contributed by atoms with Crippen LogP contribution in [0.5, 0.6) is 0 Å². The summed E-state index contributed by atoms with van der Waals surface area (Å²) in [6, 6.07) is 8.71. The predicted molar refractivity (Wildman–Crippen MR) is 83.3 cm³/mol. The SMILES string of the molecule is CC(=Nc1cc(F)c(F)cc1C)N(C=O)c1ccc(N)cc1.